The zero-order valence-electron chi connectivity index (χ0n) is 14.7. The molecule has 1 atom stereocenters. The molecule has 0 N–H and O–H groups in total. The molecule has 138 valence electrons. The zero-order chi connectivity index (χ0) is 19.3. The van der Waals surface area contributed by atoms with Crippen molar-refractivity contribution < 1.29 is 4.79 Å². The molecule has 0 unspecified atom stereocenters. The average molecular weight is 465 g/mol. The zero-order valence-corrected chi connectivity index (χ0v) is 17.8. The molecule has 4 rings (SSSR count). The van der Waals surface area contributed by atoms with E-state index in [1.54, 1.807) is 29.3 Å². The van der Waals surface area contributed by atoms with Crippen LogP contribution in [0.1, 0.15) is 18.2 Å². The quantitative estimate of drug-likeness (QED) is 0.484. The van der Waals surface area contributed by atoms with Crippen LogP contribution in [0.2, 0.25) is 10.0 Å². The van der Waals surface area contributed by atoms with E-state index in [0.29, 0.717) is 28.1 Å². The highest BCUT2D eigenvalue weighted by Crippen LogP contribution is 2.43. The maximum Gasteiger partial charge on any atom is 0.260 e. The Hall–Kier alpha value is -1.82. The molecule has 0 radical (unpaired) electrons. The van der Waals surface area contributed by atoms with Gasteiger partial charge in [-0.25, -0.2) is 9.88 Å². The van der Waals surface area contributed by atoms with E-state index in [2.05, 4.69) is 20.9 Å². The van der Waals surface area contributed by atoms with Crippen molar-refractivity contribution >= 4 is 56.7 Å². The predicted octanol–water partition coefficient (Wildman–Crippen LogP) is 5.90. The number of imidazole rings is 1. The Morgan fingerprint density at radius 3 is 2.37 bits per heavy atom. The summed E-state index contributed by atoms with van der Waals surface area (Å²) in [6, 6.07) is 13.1. The summed E-state index contributed by atoms with van der Waals surface area (Å²) < 4.78 is 3.00. The van der Waals surface area contributed by atoms with E-state index in [9.17, 15) is 4.79 Å². The van der Waals surface area contributed by atoms with Crippen molar-refractivity contribution in [2.75, 3.05) is 4.90 Å². The predicted molar refractivity (Wildman–Crippen MR) is 112 cm³/mol. The van der Waals surface area contributed by atoms with E-state index in [4.69, 9.17) is 23.2 Å². The van der Waals surface area contributed by atoms with Gasteiger partial charge in [0, 0.05) is 26.6 Å². The second kappa shape index (κ2) is 6.66. The van der Waals surface area contributed by atoms with Crippen LogP contribution in [0, 0.1) is 6.92 Å². The molecule has 1 aliphatic rings. The summed E-state index contributed by atoms with van der Waals surface area (Å²) in [5.74, 6) is 0.519. The Kier molecular flexibility index (Phi) is 4.57. The summed E-state index contributed by atoms with van der Waals surface area (Å²) in [5.41, 5.74) is 1.81. The second-order valence-corrected chi connectivity index (χ2v) is 8.67. The van der Waals surface area contributed by atoms with Crippen molar-refractivity contribution in [1.29, 1.82) is 0 Å². The Balaban J connectivity index is 1.83. The number of rotatable bonds is 3. The molecule has 0 saturated heterocycles. The van der Waals surface area contributed by atoms with Crippen molar-refractivity contribution in [2.24, 2.45) is 0 Å². The number of halogens is 3. The number of carbonyl (C=O) groups is 1. The number of hydrogen-bond acceptors (Lipinski definition) is 2. The summed E-state index contributed by atoms with van der Waals surface area (Å²) in [6.07, 6.45) is 2.33. The van der Waals surface area contributed by atoms with Gasteiger partial charge in [-0.15, -0.1) is 0 Å². The summed E-state index contributed by atoms with van der Waals surface area (Å²) in [6.45, 7) is 3.90. The lowest BCUT2D eigenvalue weighted by Crippen LogP contribution is -2.41. The lowest BCUT2D eigenvalue weighted by atomic mass is 9.91. The molecule has 2 heterocycles. The van der Waals surface area contributed by atoms with Gasteiger partial charge in [0.1, 0.15) is 5.54 Å². The van der Waals surface area contributed by atoms with Gasteiger partial charge in [0.25, 0.3) is 5.91 Å². The van der Waals surface area contributed by atoms with E-state index >= 15 is 0 Å². The first-order valence-corrected chi connectivity index (χ1v) is 9.94. The molecule has 0 saturated carbocycles. The largest absolute Gasteiger partial charge is 0.299 e. The average Bonchev–Trinajstić information content (AvgIpc) is 3.07. The molecular weight excluding hydrogens is 449 g/mol. The molecule has 1 aromatic heterocycles. The fourth-order valence-electron chi connectivity index (χ4n) is 3.67. The number of aryl methyl sites for hydroxylation is 1. The molecule has 1 aliphatic heterocycles. The number of benzene rings is 2. The molecule has 3 aromatic rings. The third-order valence-corrected chi connectivity index (χ3v) is 5.81. The highest BCUT2D eigenvalue weighted by Gasteiger charge is 2.49. The highest BCUT2D eigenvalue weighted by atomic mass is 79.9. The molecule has 7 heteroatoms. The highest BCUT2D eigenvalue weighted by molar-refractivity contribution is 9.10. The summed E-state index contributed by atoms with van der Waals surface area (Å²) >= 11 is 15.8. The summed E-state index contributed by atoms with van der Waals surface area (Å²) in [5, 5.41) is 0.947. The Morgan fingerprint density at radius 2 is 1.74 bits per heavy atom. The van der Waals surface area contributed by atoms with Crippen LogP contribution in [-0.4, -0.2) is 15.5 Å². The van der Waals surface area contributed by atoms with Gasteiger partial charge < -0.3 is 0 Å². The molecular formula is C20H16BrCl2N3O. The minimum atomic E-state index is -0.793. The third-order valence-electron chi connectivity index (χ3n) is 4.84. The van der Waals surface area contributed by atoms with Gasteiger partial charge in [0.15, 0.2) is 0 Å². The Bertz CT molecular complexity index is 1030. The monoisotopic (exact) mass is 463 g/mol. The van der Waals surface area contributed by atoms with Crippen molar-refractivity contribution in [3.8, 4) is 0 Å². The molecule has 0 fully saturated rings. The maximum absolute atomic E-state index is 13.6. The topological polar surface area (TPSA) is 38.1 Å². The normalized spacial score (nSPS) is 18.9. The van der Waals surface area contributed by atoms with Crippen LogP contribution in [-0.2, 0) is 16.8 Å². The number of aromatic nitrogens is 2. The second-order valence-electron chi connectivity index (χ2n) is 6.88. The van der Waals surface area contributed by atoms with Crippen molar-refractivity contribution in [2.45, 2.75) is 25.8 Å². The fourth-order valence-corrected chi connectivity index (χ4v) is 4.45. The number of fused-ring (bicyclic) bond motifs is 1. The SMILES string of the molecule is Cc1cnc2n1[C@](C)(Cc1ccc(Br)cc1)C(=O)N2c1cc(Cl)cc(Cl)c1. The van der Waals surface area contributed by atoms with Crippen molar-refractivity contribution in [3.05, 3.63) is 74.4 Å². The first-order valence-electron chi connectivity index (χ1n) is 8.39. The van der Waals surface area contributed by atoms with Crippen molar-refractivity contribution in [3.63, 3.8) is 0 Å². The molecule has 27 heavy (non-hydrogen) atoms. The van der Waals surface area contributed by atoms with Gasteiger partial charge in [-0.05, 0) is 49.7 Å². The number of hydrogen-bond donors (Lipinski definition) is 0. The standard InChI is InChI=1S/C20H16BrCl2N3O/c1-12-11-24-19-25(17-8-15(22)7-16(23)9-17)18(27)20(2,26(12)19)10-13-3-5-14(21)6-4-13/h3-9,11H,10H2,1-2H3/t20-/m1/s1. The van der Waals surface area contributed by atoms with E-state index in [0.717, 1.165) is 15.7 Å². The van der Waals surface area contributed by atoms with Crippen LogP contribution in [0.15, 0.2) is 53.1 Å². The van der Waals surface area contributed by atoms with Crippen LogP contribution in [0.5, 0.6) is 0 Å². The molecule has 0 bridgehead atoms. The lowest BCUT2D eigenvalue weighted by molar-refractivity contribution is -0.123. The first kappa shape index (κ1) is 18.5. The Labute approximate surface area is 175 Å². The number of carbonyl (C=O) groups excluding carboxylic acids is 1. The van der Waals surface area contributed by atoms with Crippen LogP contribution in [0.3, 0.4) is 0 Å². The van der Waals surface area contributed by atoms with Gasteiger partial charge >= 0.3 is 0 Å². The summed E-state index contributed by atoms with van der Waals surface area (Å²) in [4.78, 5) is 19.7. The molecule has 0 spiro atoms. The van der Waals surface area contributed by atoms with Gasteiger partial charge in [-0.3, -0.25) is 9.36 Å². The van der Waals surface area contributed by atoms with Gasteiger partial charge in [-0.2, -0.15) is 0 Å². The minimum absolute atomic E-state index is 0.0602. The number of amides is 1. The Morgan fingerprint density at radius 1 is 1.11 bits per heavy atom. The minimum Gasteiger partial charge on any atom is -0.299 e. The first-order chi connectivity index (χ1) is 12.8. The molecule has 4 nitrogen and oxygen atoms in total. The molecule has 0 aliphatic carbocycles. The molecule has 1 amide bonds. The third kappa shape index (κ3) is 3.08. The van der Waals surface area contributed by atoms with E-state index in [1.807, 2.05) is 42.7 Å². The summed E-state index contributed by atoms with van der Waals surface area (Å²) in [7, 11) is 0. The van der Waals surface area contributed by atoms with E-state index in [1.165, 1.54) is 0 Å². The van der Waals surface area contributed by atoms with Gasteiger partial charge in [-0.1, -0.05) is 51.3 Å². The maximum atomic E-state index is 13.6. The van der Waals surface area contributed by atoms with Gasteiger partial charge in [0.2, 0.25) is 5.95 Å². The van der Waals surface area contributed by atoms with Crippen LogP contribution >= 0.6 is 39.1 Å². The number of anilines is 2. The fraction of sp³-hybridized carbons (Fsp3) is 0.200. The van der Waals surface area contributed by atoms with Crippen LogP contribution < -0.4 is 4.90 Å². The van der Waals surface area contributed by atoms with Gasteiger partial charge in [0.05, 0.1) is 11.9 Å². The van der Waals surface area contributed by atoms with Crippen molar-refractivity contribution in [1.82, 2.24) is 9.55 Å². The lowest BCUT2D eigenvalue weighted by Gasteiger charge is -2.26. The van der Waals surface area contributed by atoms with E-state index < -0.39 is 5.54 Å². The van der Waals surface area contributed by atoms with Crippen LogP contribution in [0.25, 0.3) is 0 Å². The van der Waals surface area contributed by atoms with Crippen LogP contribution in [0.4, 0.5) is 11.6 Å². The molecule has 2 aromatic carbocycles. The number of nitrogens with zero attached hydrogens (tertiary/aromatic N) is 3. The smallest absolute Gasteiger partial charge is 0.260 e. The van der Waals surface area contributed by atoms with E-state index in [-0.39, 0.29) is 5.91 Å².